The Kier molecular flexibility index (Phi) is 2.52. The molecule has 2 nitrogen and oxygen atoms in total. The highest BCUT2D eigenvalue weighted by Gasteiger charge is 2.25. The molecule has 18 heavy (non-hydrogen) atoms. The topological polar surface area (TPSA) is 25.1 Å². The number of hydrogen-bond donors (Lipinski definition) is 0. The highest BCUT2D eigenvalue weighted by Crippen LogP contribution is 2.30. The van der Waals surface area contributed by atoms with E-state index in [0.717, 1.165) is 26.1 Å². The molecule has 2 unspecified atom stereocenters. The maximum Gasteiger partial charge on any atom is 0.0850 e. The second-order valence-corrected chi connectivity index (χ2v) is 5.65. The number of ether oxygens (including phenoxy) is 2. The summed E-state index contributed by atoms with van der Waals surface area (Å²) in [5.41, 5.74) is 5.91. The average molecular weight is 242 g/mol. The van der Waals surface area contributed by atoms with Crippen molar-refractivity contribution in [3.8, 4) is 0 Å². The van der Waals surface area contributed by atoms with E-state index in [4.69, 9.17) is 9.47 Å². The zero-order chi connectivity index (χ0) is 11.9. The third-order valence-electron chi connectivity index (χ3n) is 4.04. The lowest BCUT2D eigenvalue weighted by molar-refractivity contribution is 0.405. The highest BCUT2D eigenvalue weighted by atomic mass is 16.6. The molecule has 2 saturated heterocycles. The minimum atomic E-state index is 0.491. The van der Waals surface area contributed by atoms with Gasteiger partial charge in [-0.05, 0) is 36.0 Å². The first-order valence-corrected chi connectivity index (χ1v) is 6.91. The molecular formula is C16H18O2. The Morgan fingerprint density at radius 3 is 2.56 bits per heavy atom. The van der Waals surface area contributed by atoms with Crippen molar-refractivity contribution in [3.63, 3.8) is 0 Å². The van der Waals surface area contributed by atoms with Crippen LogP contribution in [-0.4, -0.2) is 25.4 Å². The third kappa shape index (κ3) is 2.36. The maximum atomic E-state index is 5.31. The van der Waals surface area contributed by atoms with Crippen LogP contribution in [0.25, 0.3) is 6.08 Å². The Hall–Kier alpha value is -1.12. The van der Waals surface area contributed by atoms with Crippen LogP contribution in [0, 0.1) is 0 Å². The van der Waals surface area contributed by atoms with Gasteiger partial charge in [-0.2, -0.15) is 0 Å². The molecule has 0 bridgehead atoms. The van der Waals surface area contributed by atoms with Crippen LogP contribution >= 0.6 is 0 Å². The van der Waals surface area contributed by atoms with E-state index in [2.05, 4.69) is 24.3 Å². The summed E-state index contributed by atoms with van der Waals surface area (Å²) in [6.07, 6.45) is 7.99. The van der Waals surface area contributed by atoms with Gasteiger partial charge in [-0.15, -0.1) is 0 Å². The molecule has 2 aliphatic heterocycles. The molecule has 0 amide bonds. The molecule has 0 radical (unpaired) electrons. The lowest BCUT2D eigenvalue weighted by Crippen LogP contribution is -2.03. The van der Waals surface area contributed by atoms with Crippen molar-refractivity contribution in [2.75, 3.05) is 13.2 Å². The molecule has 2 heterocycles. The molecular weight excluding hydrogens is 224 g/mol. The molecule has 0 aromatic heterocycles. The van der Waals surface area contributed by atoms with Crippen molar-refractivity contribution >= 4 is 6.08 Å². The van der Waals surface area contributed by atoms with E-state index >= 15 is 0 Å². The van der Waals surface area contributed by atoms with Crippen LogP contribution in [0.15, 0.2) is 23.8 Å². The predicted octanol–water partition coefficient (Wildman–Crippen LogP) is 2.75. The van der Waals surface area contributed by atoms with Crippen LogP contribution < -0.4 is 0 Å². The summed E-state index contributed by atoms with van der Waals surface area (Å²) in [6.45, 7) is 1.91. The molecule has 2 atom stereocenters. The monoisotopic (exact) mass is 242 g/mol. The lowest BCUT2D eigenvalue weighted by Gasteiger charge is -2.17. The number of epoxide rings is 2. The number of fused-ring (bicyclic) bond motifs is 1. The van der Waals surface area contributed by atoms with Gasteiger partial charge in [-0.25, -0.2) is 0 Å². The Morgan fingerprint density at radius 2 is 1.78 bits per heavy atom. The van der Waals surface area contributed by atoms with E-state index in [1.165, 1.54) is 29.5 Å². The van der Waals surface area contributed by atoms with Gasteiger partial charge in [0.2, 0.25) is 0 Å². The molecule has 1 aliphatic carbocycles. The van der Waals surface area contributed by atoms with Gasteiger partial charge in [0.1, 0.15) is 0 Å². The van der Waals surface area contributed by atoms with E-state index in [1.807, 2.05) is 0 Å². The van der Waals surface area contributed by atoms with Crippen LogP contribution in [0.4, 0.5) is 0 Å². The quantitative estimate of drug-likeness (QED) is 0.758. The fourth-order valence-electron chi connectivity index (χ4n) is 2.82. The van der Waals surface area contributed by atoms with E-state index in [0.29, 0.717) is 12.2 Å². The molecule has 0 N–H and O–H groups in total. The molecule has 1 aromatic carbocycles. The van der Waals surface area contributed by atoms with E-state index in [1.54, 1.807) is 5.57 Å². The summed E-state index contributed by atoms with van der Waals surface area (Å²) in [7, 11) is 0. The Balaban J connectivity index is 1.54. The summed E-state index contributed by atoms with van der Waals surface area (Å²) in [6, 6.07) is 6.91. The maximum absolute atomic E-state index is 5.31. The molecule has 0 saturated carbocycles. The van der Waals surface area contributed by atoms with Gasteiger partial charge in [0, 0.05) is 6.42 Å². The second-order valence-electron chi connectivity index (χ2n) is 5.65. The first-order valence-electron chi connectivity index (χ1n) is 6.91. The summed E-state index contributed by atoms with van der Waals surface area (Å²) < 4.78 is 10.6. The Bertz CT molecular complexity index is 496. The van der Waals surface area contributed by atoms with E-state index < -0.39 is 0 Å². The molecule has 4 rings (SSSR count). The smallest absolute Gasteiger partial charge is 0.0850 e. The van der Waals surface area contributed by atoms with E-state index in [9.17, 15) is 0 Å². The zero-order valence-corrected chi connectivity index (χ0v) is 10.5. The SMILES string of the molecule is C1=C(CC2CO2)CCc2cc(CC3CO3)ccc21. The van der Waals surface area contributed by atoms with Gasteiger partial charge in [0.25, 0.3) is 0 Å². The number of rotatable bonds is 4. The zero-order valence-electron chi connectivity index (χ0n) is 10.5. The number of aryl methyl sites for hydroxylation is 1. The highest BCUT2D eigenvalue weighted by molar-refractivity contribution is 5.60. The van der Waals surface area contributed by atoms with Crippen molar-refractivity contribution in [2.45, 2.75) is 37.9 Å². The number of benzene rings is 1. The molecule has 3 aliphatic rings. The van der Waals surface area contributed by atoms with Gasteiger partial charge in [-0.3, -0.25) is 0 Å². The molecule has 2 heteroatoms. The molecule has 2 fully saturated rings. The van der Waals surface area contributed by atoms with Crippen molar-refractivity contribution in [1.82, 2.24) is 0 Å². The van der Waals surface area contributed by atoms with E-state index in [-0.39, 0.29) is 0 Å². The van der Waals surface area contributed by atoms with Crippen LogP contribution in [0.1, 0.15) is 29.5 Å². The van der Waals surface area contributed by atoms with Crippen LogP contribution in [0.3, 0.4) is 0 Å². The standard InChI is InChI=1S/C16H18O2/c1-3-13-6-12(8-16-10-18-16)2-4-14(13)5-11(1)7-15-9-17-15/h1,3,5-6,15-16H,2,4,7-10H2. The average Bonchev–Trinajstić information content (AvgIpc) is 3.25. The third-order valence-corrected chi connectivity index (χ3v) is 4.04. The van der Waals surface area contributed by atoms with Gasteiger partial charge < -0.3 is 9.47 Å². The van der Waals surface area contributed by atoms with Crippen molar-refractivity contribution in [1.29, 1.82) is 0 Å². The minimum Gasteiger partial charge on any atom is -0.373 e. The van der Waals surface area contributed by atoms with Gasteiger partial charge in [0.15, 0.2) is 0 Å². The largest absolute Gasteiger partial charge is 0.373 e. The molecule has 1 aromatic rings. The summed E-state index contributed by atoms with van der Waals surface area (Å²) >= 11 is 0. The molecule has 94 valence electrons. The first-order chi connectivity index (χ1) is 8.87. The Morgan fingerprint density at radius 1 is 1.00 bits per heavy atom. The fourth-order valence-corrected chi connectivity index (χ4v) is 2.82. The summed E-state index contributed by atoms with van der Waals surface area (Å²) in [4.78, 5) is 0. The van der Waals surface area contributed by atoms with Crippen LogP contribution in [0.2, 0.25) is 0 Å². The van der Waals surface area contributed by atoms with Crippen molar-refractivity contribution in [3.05, 3.63) is 40.5 Å². The minimum absolute atomic E-state index is 0.491. The van der Waals surface area contributed by atoms with Gasteiger partial charge >= 0.3 is 0 Å². The normalized spacial score (nSPS) is 28.6. The van der Waals surface area contributed by atoms with Crippen LogP contribution in [0.5, 0.6) is 0 Å². The van der Waals surface area contributed by atoms with Gasteiger partial charge in [-0.1, -0.05) is 29.8 Å². The predicted molar refractivity (Wildman–Crippen MR) is 70.5 cm³/mol. The molecule has 0 spiro atoms. The number of hydrogen-bond acceptors (Lipinski definition) is 2. The Labute approximate surface area is 108 Å². The van der Waals surface area contributed by atoms with Gasteiger partial charge in [0.05, 0.1) is 25.4 Å². The summed E-state index contributed by atoms with van der Waals surface area (Å²) in [5.74, 6) is 0. The van der Waals surface area contributed by atoms with Crippen molar-refractivity contribution in [2.24, 2.45) is 0 Å². The fraction of sp³-hybridized carbons (Fsp3) is 0.500. The van der Waals surface area contributed by atoms with Crippen LogP contribution in [-0.2, 0) is 22.3 Å². The second kappa shape index (κ2) is 4.22. The van der Waals surface area contributed by atoms with Crippen molar-refractivity contribution < 1.29 is 9.47 Å². The lowest BCUT2D eigenvalue weighted by atomic mass is 9.88. The first kappa shape index (κ1) is 10.8. The summed E-state index contributed by atoms with van der Waals surface area (Å²) in [5, 5.41) is 0.